The second kappa shape index (κ2) is 11.2. The zero-order chi connectivity index (χ0) is 24.9. The van der Waals surface area contributed by atoms with Crippen LogP contribution in [0.1, 0.15) is 80.4 Å². The monoisotopic (exact) mass is 484 g/mol. The van der Waals surface area contributed by atoms with E-state index in [0.717, 1.165) is 53.5 Å². The van der Waals surface area contributed by atoms with Crippen molar-refractivity contribution in [3.63, 3.8) is 0 Å². The van der Waals surface area contributed by atoms with Gasteiger partial charge in [0.05, 0.1) is 12.6 Å². The van der Waals surface area contributed by atoms with Gasteiger partial charge < -0.3 is 4.98 Å². The van der Waals surface area contributed by atoms with Gasteiger partial charge in [-0.3, -0.25) is 9.69 Å². The van der Waals surface area contributed by atoms with Crippen LogP contribution >= 0.6 is 0 Å². The summed E-state index contributed by atoms with van der Waals surface area (Å²) in [5.41, 5.74) is 4.01. The Balaban J connectivity index is 1.52. The van der Waals surface area contributed by atoms with E-state index >= 15 is 0 Å². The van der Waals surface area contributed by atoms with Crippen LogP contribution in [0.5, 0.6) is 0 Å². The molecule has 7 nitrogen and oxygen atoms in total. The first kappa shape index (κ1) is 24.4. The summed E-state index contributed by atoms with van der Waals surface area (Å²) in [7, 11) is 0. The van der Waals surface area contributed by atoms with Crippen molar-refractivity contribution in [1.29, 1.82) is 0 Å². The predicted molar refractivity (Wildman–Crippen MR) is 143 cm³/mol. The number of tetrazole rings is 1. The lowest BCUT2D eigenvalue weighted by Gasteiger charge is -2.39. The third kappa shape index (κ3) is 5.41. The van der Waals surface area contributed by atoms with Gasteiger partial charge in [0.1, 0.15) is 0 Å². The molecule has 4 aromatic rings. The number of aromatic nitrogens is 5. The van der Waals surface area contributed by atoms with E-state index in [1.54, 1.807) is 0 Å². The molecule has 7 heteroatoms. The maximum atomic E-state index is 13.2. The molecule has 0 amide bonds. The highest BCUT2D eigenvalue weighted by atomic mass is 16.1. The highest BCUT2D eigenvalue weighted by Crippen LogP contribution is 2.34. The van der Waals surface area contributed by atoms with E-state index in [1.165, 1.54) is 24.8 Å². The molecule has 0 radical (unpaired) electrons. The molecule has 2 heterocycles. The third-order valence-electron chi connectivity index (χ3n) is 7.47. The number of aryl methyl sites for hydroxylation is 1. The maximum absolute atomic E-state index is 13.2. The molecular weight excluding hydrogens is 448 g/mol. The molecule has 1 atom stereocenters. The molecule has 36 heavy (non-hydrogen) atoms. The number of H-pyrrole nitrogens is 1. The summed E-state index contributed by atoms with van der Waals surface area (Å²) in [6.45, 7) is 5.48. The first-order chi connectivity index (χ1) is 17.6. The van der Waals surface area contributed by atoms with Gasteiger partial charge in [0.25, 0.3) is 5.56 Å². The summed E-state index contributed by atoms with van der Waals surface area (Å²) in [4.78, 5) is 18.9. The van der Waals surface area contributed by atoms with Gasteiger partial charge >= 0.3 is 0 Å². The molecule has 0 unspecified atom stereocenters. The van der Waals surface area contributed by atoms with Crippen molar-refractivity contribution < 1.29 is 0 Å². The topological polar surface area (TPSA) is 79.7 Å². The fourth-order valence-electron chi connectivity index (χ4n) is 5.62. The summed E-state index contributed by atoms with van der Waals surface area (Å²) >= 11 is 0. The number of pyridine rings is 1. The first-order valence-corrected chi connectivity index (χ1v) is 13.3. The fraction of sp³-hybridized carbons (Fsp3) is 0.448. The third-order valence-corrected chi connectivity index (χ3v) is 7.47. The summed E-state index contributed by atoms with van der Waals surface area (Å²) in [6.07, 6.45) is 7.97. The number of benzene rings is 2. The number of nitrogens with one attached hydrogen (secondary N) is 1. The average molecular weight is 485 g/mol. The van der Waals surface area contributed by atoms with E-state index < -0.39 is 0 Å². The molecule has 2 aromatic carbocycles. The lowest BCUT2D eigenvalue weighted by molar-refractivity contribution is 0.0812. The van der Waals surface area contributed by atoms with Crippen molar-refractivity contribution in [1.82, 2.24) is 30.1 Å². The van der Waals surface area contributed by atoms with Crippen molar-refractivity contribution in [3.05, 3.63) is 87.5 Å². The van der Waals surface area contributed by atoms with E-state index in [0.29, 0.717) is 19.1 Å². The van der Waals surface area contributed by atoms with E-state index in [2.05, 4.69) is 62.7 Å². The Labute approximate surface area is 212 Å². The Morgan fingerprint density at radius 1 is 1.08 bits per heavy atom. The Hall–Kier alpha value is -3.32. The molecule has 1 N–H and O–H groups in total. The van der Waals surface area contributed by atoms with Crippen molar-refractivity contribution >= 4 is 10.9 Å². The lowest BCUT2D eigenvalue weighted by atomic mass is 9.91. The van der Waals surface area contributed by atoms with E-state index in [1.807, 2.05) is 35.9 Å². The molecular formula is C29H36N6O. The molecule has 0 spiro atoms. The van der Waals surface area contributed by atoms with Gasteiger partial charge in [0.15, 0.2) is 5.82 Å². The molecule has 2 aromatic heterocycles. The Morgan fingerprint density at radius 3 is 2.67 bits per heavy atom. The van der Waals surface area contributed by atoms with E-state index in [9.17, 15) is 4.79 Å². The number of hydrogen-bond donors (Lipinski definition) is 1. The number of hydrogen-bond acceptors (Lipinski definition) is 5. The van der Waals surface area contributed by atoms with Gasteiger partial charge in [0, 0.05) is 23.7 Å². The zero-order valence-electron chi connectivity index (χ0n) is 21.4. The Kier molecular flexibility index (Phi) is 7.56. The number of fused-ring (bicyclic) bond motifs is 1. The minimum Gasteiger partial charge on any atom is -0.322 e. The lowest BCUT2D eigenvalue weighted by Crippen LogP contribution is -2.41. The van der Waals surface area contributed by atoms with Crippen LogP contribution in [0, 0.1) is 6.92 Å². The molecule has 188 valence electrons. The quantitative estimate of drug-likeness (QED) is 0.337. The predicted octanol–water partition coefficient (Wildman–Crippen LogP) is 5.55. The highest BCUT2D eigenvalue weighted by molar-refractivity contribution is 5.79. The van der Waals surface area contributed by atoms with Crippen LogP contribution in [0.15, 0.2) is 59.4 Å². The molecule has 5 rings (SSSR count). The van der Waals surface area contributed by atoms with E-state index in [-0.39, 0.29) is 11.6 Å². The van der Waals surface area contributed by atoms with Crippen LogP contribution in [0.25, 0.3) is 10.9 Å². The van der Waals surface area contributed by atoms with Crippen LogP contribution in [-0.2, 0) is 13.1 Å². The molecule has 1 saturated carbocycles. The number of aromatic amines is 1. The molecule has 0 saturated heterocycles. The number of nitrogens with zero attached hydrogens (tertiary/aromatic N) is 5. The van der Waals surface area contributed by atoms with Crippen LogP contribution in [0.3, 0.4) is 0 Å². The minimum absolute atomic E-state index is 0.00645. The number of rotatable bonds is 9. The Morgan fingerprint density at radius 2 is 1.89 bits per heavy atom. The second-order valence-corrected chi connectivity index (χ2v) is 10.2. The molecule has 1 aliphatic rings. The van der Waals surface area contributed by atoms with Crippen LogP contribution < -0.4 is 5.56 Å². The summed E-state index contributed by atoms with van der Waals surface area (Å²) in [5.74, 6) is 0.888. The van der Waals surface area contributed by atoms with Crippen molar-refractivity contribution in [2.45, 2.75) is 84.0 Å². The van der Waals surface area contributed by atoms with Gasteiger partial charge in [-0.2, -0.15) is 0 Å². The minimum atomic E-state index is -0.00645. The normalized spacial score (nSPS) is 15.5. The molecule has 1 aliphatic carbocycles. The molecule has 0 aliphatic heterocycles. The van der Waals surface area contributed by atoms with Gasteiger partial charge in [0.2, 0.25) is 0 Å². The summed E-state index contributed by atoms with van der Waals surface area (Å²) in [6, 6.07) is 19.1. The largest absolute Gasteiger partial charge is 0.322 e. The van der Waals surface area contributed by atoms with Gasteiger partial charge in [-0.15, -0.1) is 5.10 Å². The highest BCUT2D eigenvalue weighted by Gasteiger charge is 2.32. The van der Waals surface area contributed by atoms with Crippen LogP contribution in [-0.4, -0.2) is 36.1 Å². The SMILES string of the molecule is CCC[C@H](c1nnnn1Cc1ccccc1)N(Cc1cc2ccc(C)cc2[nH]c1=O)C1CCCCC1. The first-order valence-electron chi connectivity index (χ1n) is 13.3. The summed E-state index contributed by atoms with van der Waals surface area (Å²) < 4.78 is 1.94. The van der Waals surface area contributed by atoms with Crippen molar-refractivity contribution in [2.75, 3.05) is 0 Å². The van der Waals surface area contributed by atoms with Gasteiger partial charge in [-0.25, -0.2) is 4.68 Å². The Bertz CT molecular complexity index is 1340. The zero-order valence-corrected chi connectivity index (χ0v) is 21.4. The second-order valence-electron chi connectivity index (χ2n) is 10.2. The molecule has 1 fully saturated rings. The standard InChI is InChI=1S/C29H36N6O/c1-3-10-27(28-31-32-33-35(28)19-22-11-6-4-7-12-22)34(25-13-8-5-9-14-25)20-24-18-23-16-15-21(2)17-26(23)30-29(24)36/h4,6-7,11-12,15-18,25,27H,3,5,8-10,13-14,19-20H2,1-2H3,(H,30,36)/t27-/m1/s1. The van der Waals surface area contributed by atoms with Crippen molar-refractivity contribution in [3.8, 4) is 0 Å². The van der Waals surface area contributed by atoms with Crippen LogP contribution in [0.4, 0.5) is 0 Å². The average Bonchev–Trinajstić information content (AvgIpc) is 3.35. The van der Waals surface area contributed by atoms with Gasteiger partial charge in [-0.05, 0) is 65.3 Å². The van der Waals surface area contributed by atoms with Gasteiger partial charge in [-0.1, -0.05) is 75.1 Å². The molecule has 0 bridgehead atoms. The summed E-state index contributed by atoms with van der Waals surface area (Å²) in [5, 5.41) is 14.1. The smallest absolute Gasteiger partial charge is 0.252 e. The maximum Gasteiger partial charge on any atom is 0.252 e. The van der Waals surface area contributed by atoms with Crippen LogP contribution in [0.2, 0.25) is 0 Å². The fourth-order valence-corrected chi connectivity index (χ4v) is 5.62. The van der Waals surface area contributed by atoms with Crippen molar-refractivity contribution in [2.24, 2.45) is 0 Å². The van der Waals surface area contributed by atoms with E-state index in [4.69, 9.17) is 0 Å².